The van der Waals surface area contributed by atoms with Crippen molar-refractivity contribution < 1.29 is 19.2 Å². The first kappa shape index (κ1) is 17.7. The predicted octanol–water partition coefficient (Wildman–Crippen LogP) is 3.71. The molecule has 7 nitrogen and oxygen atoms in total. The van der Waals surface area contributed by atoms with Crippen LogP contribution in [0.4, 0.5) is 10.5 Å². The molecule has 2 amide bonds. The lowest BCUT2D eigenvalue weighted by atomic mass is 10.2. The molecule has 2 aromatic rings. The number of nitrogens with zero attached hydrogens (tertiary/aromatic N) is 2. The minimum Gasteiger partial charge on any atom is -0.492 e. The highest BCUT2D eigenvalue weighted by molar-refractivity contribution is 8.18. The molecule has 0 unspecified atom stereocenters. The SMILES string of the molecule is O=C1S/C(=C\c2cccc([N+](=O)[O-])c2)C(=O)N1CCOc1ccccc1. The molecule has 26 heavy (non-hydrogen) atoms. The summed E-state index contributed by atoms with van der Waals surface area (Å²) in [7, 11) is 0. The number of carbonyl (C=O) groups is 2. The molecule has 1 saturated heterocycles. The smallest absolute Gasteiger partial charge is 0.293 e. The molecule has 0 bridgehead atoms. The van der Waals surface area contributed by atoms with Crippen LogP contribution >= 0.6 is 11.8 Å². The van der Waals surface area contributed by atoms with Crippen molar-refractivity contribution in [3.8, 4) is 5.75 Å². The number of hydrogen-bond donors (Lipinski definition) is 0. The third-order valence-electron chi connectivity index (χ3n) is 3.58. The fraction of sp³-hybridized carbons (Fsp3) is 0.111. The number of imide groups is 1. The van der Waals surface area contributed by atoms with Gasteiger partial charge in [0, 0.05) is 12.1 Å². The van der Waals surface area contributed by atoms with Gasteiger partial charge < -0.3 is 4.74 Å². The van der Waals surface area contributed by atoms with Crippen molar-refractivity contribution in [3.05, 3.63) is 75.2 Å². The van der Waals surface area contributed by atoms with Gasteiger partial charge in [0.15, 0.2) is 0 Å². The number of nitro benzene ring substituents is 1. The maximum Gasteiger partial charge on any atom is 0.293 e. The average molecular weight is 370 g/mol. The monoisotopic (exact) mass is 370 g/mol. The summed E-state index contributed by atoms with van der Waals surface area (Å²) < 4.78 is 5.51. The number of ether oxygens (including phenoxy) is 1. The van der Waals surface area contributed by atoms with Gasteiger partial charge >= 0.3 is 0 Å². The molecule has 3 rings (SSSR count). The topological polar surface area (TPSA) is 89.8 Å². The van der Waals surface area contributed by atoms with Gasteiger partial charge in [0.25, 0.3) is 16.8 Å². The zero-order valence-corrected chi connectivity index (χ0v) is 14.3. The van der Waals surface area contributed by atoms with Gasteiger partial charge in [-0.3, -0.25) is 24.6 Å². The lowest BCUT2D eigenvalue weighted by Crippen LogP contribution is -2.32. The summed E-state index contributed by atoms with van der Waals surface area (Å²) in [6.45, 7) is 0.317. The summed E-state index contributed by atoms with van der Waals surface area (Å²) in [4.78, 5) is 36.1. The van der Waals surface area contributed by atoms with Crippen LogP contribution in [-0.2, 0) is 4.79 Å². The molecule has 0 aliphatic carbocycles. The number of hydrogen-bond acceptors (Lipinski definition) is 6. The fourth-order valence-corrected chi connectivity index (χ4v) is 3.21. The van der Waals surface area contributed by atoms with Gasteiger partial charge in [-0.15, -0.1) is 0 Å². The Morgan fingerprint density at radius 1 is 1.12 bits per heavy atom. The molecule has 0 spiro atoms. The Morgan fingerprint density at radius 3 is 2.62 bits per heavy atom. The standard InChI is InChI=1S/C18H14N2O5S/c21-17-16(12-13-5-4-6-14(11-13)20(23)24)26-18(22)19(17)9-10-25-15-7-2-1-3-8-15/h1-8,11-12H,9-10H2/b16-12-. The third kappa shape index (κ3) is 4.09. The molecule has 0 radical (unpaired) electrons. The first-order valence-corrected chi connectivity index (χ1v) is 8.54. The van der Waals surface area contributed by atoms with Crippen LogP contribution in [0.5, 0.6) is 5.75 Å². The minimum atomic E-state index is -0.510. The number of non-ortho nitro benzene ring substituents is 1. The molecule has 0 saturated carbocycles. The molecule has 1 aliphatic heterocycles. The van der Waals surface area contributed by atoms with E-state index in [1.165, 1.54) is 24.3 Å². The summed E-state index contributed by atoms with van der Waals surface area (Å²) in [6, 6.07) is 15.0. The number of para-hydroxylation sites is 1. The highest BCUT2D eigenvalue weighted by atomic mass is 32.2. The van der Waals surface area contributed by atoms with E-state index in [1.807, 2.05) is 18.2 Å². The maximum atomic E-state index is 12.4. The number of nitro groups is 1. The third-order valence-corrected chi connectivity index (χ3v) is 4.49. The molecule has 0 aromatic heterocycles. The number of thioether (sulfide) groups is 1. The molecular formula is C18H14N2O5S. The average Bonchev–Trinajstić information content (AvgIpc) is 2.90. The van der Waals surface area contributed by atoms with Crippen molar-refractivity contribution in [3.63, 3.8) is 0 Å². The second-order valence-corrected chi connectivity index (χ2v) is 6.34. The van der Waals surface area contributed by atoms with E-state index in [4.69, 9.17) is 4.74 Å². The van der Waals surface area contributed by atoms with Crippen LogP contribution in [0.2, 0.25) is 0 Å². The van der Waals surface area contributed by atoms with Crippen molar-refractivity contribution in [1.82, 2.24) is 4.90 Å². The Morgan fingerprint density at radius 2 is 1.88 bits per heavy atom. The quantitative estimate of drug-likeness (QED) is 0.437. The Balaban J connectivity index is 1.66. The summed E-state index contributed by atoms with van der Waals surface area (Å²) in [5, 5.41) is 10.4. The molecule has 1 heterocycles. The minimum absolute atomic E-state index is 0.0748. The zero-order chi connectivity index (χ0) is 18.5. The number of carbonyl (C=O) groups excluding carboxylic acids is 2. The largest absolute Gasteiger partial charge is 0.492 e. The maximum absolute atomic E-state index is 12.4. The van der Waals surface area contributed by atoms with Crippen LogP contribution in [0.25, 0.3) is 6.08 Å². The van der Waals surface area contributed by atoms with Crippen molar-refractivity contribution in [1.29, 1.82) is 0 Å². The van der Waals surface area contributed by atoms with E-state index in [0.29, 0.717) is 11.3 Å². The van der Waals surface area contributed by atoms with E-state index >= 15 is 0 Å². The molecule has 0 N–H and O–H groups in total. The van der Waals surface area contributed by atoms with Gasteiger partial charge in [-0.25, -0.2) is 0 Å². The second kappa shape index (κ2) is 7.83. The highest BCUT2D eigenvalue weighted by Crippen LogP contribution is 2.32. The highest BCUT2D eigenvalue weighted by Gasteiger charge is 2.34. The number of benzene rings is 2. The Kier molecular flexibility index (Phi) is 5.33. The Bertz CT molecular complexity index is 882. The normalized spacial score (nSPS) is 15.5. The number of amides is 2. The second-order valence-electron chi connectivity index (χ2n) is 5.35. The first-order chi connectivity index (χ1) is 12.5. The van der Waals surface area contributed by atoms with E-state index < -0.39 is 10.8 Å². The zero-order valence-electron chi connectivity index (χ0n) is 13.5. The van der Waals surface area contributed by atoms with Crippen molar-refractivity contribution in [2.45, 2.75) is 0 Å². The van der Waals surface area contributed by atoms with E-state index in [-0.39, 0.29) is 29.0 Å². The van der Waals surface area contributed by atoms with Gasteiger partial charge in [-0.2, -0.15) is 0 Å². The number of rotatable bonds is 6. The predicted molar refractivity (Wildman–Crippen MR) is 97.7 cm³/mol. The summed E-state index contributed by atoms with van der Waals surface area (Å²) >= 11 is 0.810. The summed E-state index contributed by atoms with van der Waals surface area (Å²) in [5.74, 6) is 0.231. The van der Waals surface area contributed by atoms with Gasteiger partial charge in [0.2, 0.25) is 0 Å². The van der Waals surface area contributed by atoms with E-state index in [1.54, 1.807) is 18.2 Å². The Hall–Kier alpha value is -3.13. The first-order valence-electron chi connectivity index (χ1n) is 7.72. The Labute approximate surface area is 153 Å². The lowest BCUT2D eigenvalue weighted by molar-refractivity contribution is -0.384. The van der Waals surface area contributed by atoms with E-state index in [0.717, 1.165) is 16.7 Å². The van der Waals surface area contributed by atoms with Gasteiger partial charge in [-0.1, -0.05) is 30.3 Å². The van der Waals surface area contributed by atoms with Crippen LogP contribution < -0.4 is 4.74 Å². The van der Waals surface area contributed by atoms with Gasteiger partial charge in [-0.05, 0) is 35.5 Å². The molecular weight excluding hydrogens is 356 g/mol. The van der Waals surface area contributed by atoms with Crippen LogP contribution in [-0.4, -0.2) is 34.1 Å². The van der Waals surface area contributed by atoms with Crippen LogP contribution in [0.3, 0.4) is 0 Å². The summed E-state index contributed by atoms with van der Waals surface area (Å²) in [6.07, 6.45) is 1.48. The van der Waals surface area contributed by atoms with E-state index in [9.17, 15) is 19.7 Å². The van der Waals surface area contributed by atoms with Crippen LogP contribution in [0, 0.1) is 10.1 Å². The molecule has 132 valence electrons. The van der Waals surface area contributed by atoms with Crippen molar-refractivity contribution in [2.75, 3.05) is 13.2 Å². The molecule has 2 aromatic carbocycles. The van der Waals surface area contributed by atoms with Crippen molar-refractivity contribution in [2.24, 2.45) is 0 Å². The summed E-state index contributed by atoms with van der Waals surface area (Å²) in [5.41, 5.74) is 0.416. The van der Waals surface area contributed by atoms with Crippen LogP contribution in [0.15, 0.2) is 59.5 Å². The fourth-order valence-electron chi connectivity index (χ4n) is 2.34. The molecule has 1 aliphatic rings. The van der Waals surface area contributed by atoms with Gasteiger partial charge in [0.1, 0.15) is 12.4 Å². The van der Waals surface area contributed by atoms with Gasteiger partial charge in [0.05, 0.1) is 16.4 Å². The van der Waals surface area contributed by atoms with Crippen LogP contribution in [0.1, 0.15) is 5.56 Å². The van der Waals surface area contributed by atoms with E-state index in [2.05, 4.69) is 0 Å². The lowest BCUT2D eigenvalue weighted by Gasteiger charge is -2.13. The molecule has 0 atom stereocenters. The molecule has 8 heteroatoms. The van der Waals surface area contributed by atoms with Crippen molar-refractivity contribution >= 4 is 34.7 Å². The molecule has 1 fully saturated rings.